The van der Waals surface area contributed by atoms with E-state index in [4.69, 9.17) is 0 Å². The fraction of sp³-hybridized carbons (Fsp3) is 0.650. The van der Waals surface area contributed by atoms with Crippen molar-refractivity contribution in [1.82, 2.24) is 15.5 Å². The maximum Gasteiger partial charge on any atom is 0.191 e. The Labute approximate surface area is 180 Å². The first-order valence-corrected chi connectivity index (χ1v) is 9.55. The molecule has 1 rings (SSSR count). The van der Waals surface area contributed by atoms with E-state index in [0.717, 1.165) is 38.5 Å². The Balaban J connectivity index is 0.00000676. The van der Waals surface area contributed by atoms with Crippen molar-refractivity contribution >= 4 is 29.9 Å². The molecule has 0 aliphatic heterocycles. The molecule has 0 fully saturated rings. The number of rotatable bonds is 10. The largest absolute Gasteiger partial charge is 0.356 e. The number of hydrogen-bond acceptors (Lipinski definition) is 2. The van der Waals surface area contributed by atoms with E-state index in [9.17, 15) is 8.78 Å². The van der Waals surface area contributed by atoms with E-state index in [-0.39, 0.29) is 29.9 Å². The summed E-state index contributed by atoms with van der Waals surface area (Å²) < 4.78 is 26.9. The molecule has 0 saturated heterocycles. The van der Waals surface area contributed by atoms with Gasteiger partial charge in [0.05, 0.1) is 0 Å². The smallest absolute Gasteiger partial charge is 0.191 e. The van der Waals surface area contributed by atoms with Crippen LogP contribution in [0.1, 0.15) is 52.0 Å². The first-order valence-electron chi connectivity index (χ1n) is 9.55. The van der Waals surface area contributed by atoms with E-state index in [1.165, 1.54) is 12.1 Å². The molecule has 156 valence electrons. The Morgan fingerprint density at radius 1 is 1.19 bits per heavy atom. The zero-order valence-corrected chi connectivity index (χ0v) is 19.5. The Morgan fingerprint density at radius 2 is 1.85 bits per heavy atom. The number of nitrogens with one attached hydrogen (secondary N) is 2. The molecule has 1 aromatic rings. The molecule has 1 aromatic carbocycles. The standard InChI is InChI=1S/C20H34F2N4.HI/c1-6-26(7-2)12-8-9-16(4)25-20(23-5)24-14-15(3)18-11-10-17(21)13-19(18)22;/h10-11,13,15-16H,6-9,12,14H2,1-5H3,(H2,23,24,25);1H. The van der Waals surface area contributed by atoms with E-state index in [2.05, 4.69) is 41.3 Å². The van der Waals surface area contributed by atoms with Crippen molar-refractivity contribution in [3.63, 3.8) is 0 Å². The minimum Gasteiger partial charge on any atom is -0.356 e. The van der Waals surface area contributed by atoms with Gasteiger partial charge < -0.3 is 15.5 Å². The van der Waals surface area contributed by atoms with Crippen LogP contribution in [0.4, 0.5) is 8.78 Å². The molecule has 2 unspecified atom stereocenters. The third kappa shape index (κ3) is 9.69. The molecule has 0 aromatic heterocycles. The summed E-state index contributed by atoms with van der Waals surface area (Å²) in [6.07, 6.45) is 2.18. The van der Waals surface area contributed by atoms with Gasteiger partial charge in [0.1, 0.15) is 11.6 Å². The predicted octanol–water partition coefficient (Wildman–Crippen LogP) is 4.36. The van der Waals surface area contributed by atoms with Crippen molar-refractivity contribution in [1.29, 1.82) is 0 Å². The molecule has 0 bridgehead atoms. The average Bonchev–Trinajstić information content (AvgIpc) is 2.62. The zero-order valence-electron chi connectivity index (χ0n) is 17.2. The predicted molar refractivity (Wildman–Crippen MR) is 121 cm³/mol. The monoisotopic (exact) mass is 496 g/mol. The molecule has 0 heterocycles. The quantitative estimate of drug-likeness (QED) is 0.287. The third-order valence-electron chi connectivity index (χ3n) is 4.68. The van der Waals surface area contributed by atoms with Gasteiger partial charge >= 0.3 is 0 Å². The highest BCUT2D eigenvalue weighted by atomic mass is 127. The molecule has 27 heavy (non-hydrogen) atoms. The summed E-state index contributed by atoms with van der Waals surface area (Å²) in [5, 5.41) is 6.60. The summed E-state index contributed by atoms with van der Waals surface area (Å²) in [4.78, 5) is 6.65. The van der Waals surface area contributed by atoms with Crippen LogP contribution in [-0.2, 0) is 0 Å². The molecule has 0 aliphatic rings. The molecule has 0 aliphatic carbocycles. The van der Waals surface area contributed by atoms with Crippen LogP contribution in [0.5, 0.6) is 0 Å². The number of guanidine groups is 1. The van der Waals surface area contributed by atoms with Gasteiger partial charge in [0.25, 0.3) is 0 Å². The fourth-order valence-corrected chi connectivity index (χ4v) is 2.92. The molecule has 0 amide bonds. The van der Waals surface area contributed by atoms with Gasteiger partial charge in [0, 0.05) is 31.6 Å². The van der Waals surface area contributed by atoms with Crippen LogP contribution >= 0.6 is 24.0 Å². The molecule has 0 saturated carbocycles. The lowest BCUT2D eigenvalue weighted by Gasteiger charge is -2.22. The minimum atomic E-state index is -0.553. The highest BCUT2D eigenvalue weighted by Crippen LogP contribution is 2.19. The SMILES string of the molecule is CCN(CC)CCCC(C)NC(=NC)NCC(C)c1ccc(F)cc1F.I. The molecule has 2 atom stereocenters. The molecular weight excluding hydrogens is 461 g/mol. The first kappa shape index (κ1) is 26.0. The second-order valence-corrected chi connectivity index (χ2v) is 6.73. The summed E-state index contributed by atoms with van der Waals surface area (Å²) in [6.45, 7) is 12.2. The summed E-state index contributed by atoms with van der Waals surface area (Å²) in [5.41, 5.74) is 0.502. The van der Waals surface area contributed by atoms with Crippen LogP contribution in [0.2, 0.25) is 0 Å². The molecule has 7 heteroatoms. The van der Waals surface area contributed by atoms with Crippen LogP contribution < -0.4 is 10.6 Å². The second-order valence-electron chi connectivity index (χ2n) is 6.73. The molecule has 4 nitrogen and oxygen atoms in total. The first-order chi connectivity index (χ1) is 12.4. The van der Waals surface area contributed by atoms with Crippen LogP contribution in [0.3, 0.4) is 0 Å². The maximum atomic E-state index is 13.9. The van der Waals surface area contributed by atoms with Gasteiger partial charge in [-0.15, -0.1) is 24.0 Å². The van der Waals surface area contributed by atoms with Crippen molar-refractivity contribution in [3.8, 4) is 0 Å². The molecular formula is C20H35F2IN4. The Kier molecular flexibility index (Phi) is 13.6. The van der Waals surface area contributed by atoms with Gasteiger partial charge in [-0.2, -0.15) is 0 Å². The van der Waals surface area contributed by atoms with Gasteiger partial charge in [0.2, 0.25) is 0 Å². The molecule has 0 spiro atoms. The number of nitrogens with zero attached hydrogens (tertiary/aromatic N) is 2. The van der Waals surface area contributed by atoms with Gasteiger partial charge in [-0.05, 0) is 51.0 Å². The zero-order chi connectivity index (χ0) is 19.5. The third-order valence-corrected chi connectivity index (χ3v) is 4.68. The van der Waals surface area contributed by atoms with Crippen molar-refractivity contribution in [2.75, 3.05) is 33.2 Å². The Bertz CT molecular complexity index is 565. The average molecular weight is 496 g/mol. The lowest BCUT2D eigenvalue weighted by molar-refractivity contribution is 0.292. The topological polar surface area (TPSA) is 39.7 Å². The molecule has 2 N–H and O–H groups in total. The molecule has 0 radical (unpaired) electrons. The Morgan fingerprint density at radius 3 is 2.41 bits per heavy atom. The summed E-state index contributed by atoms with van der Waals surface area (Å²) >= 11 is 0. The van der Waals surface area contributed by atoms with Crippen molar-refractivity contribution in [2.24, 2.45) is 4.99 Å². The lowest BCUT2D eigenvalue weighted by Crippen LogP contribution is -2.43. The lowest BCUT2D eigenvalue weighted by atomic mass is 10.0. The van der Waals surface area contributed by atoms with E-state index >= 15 is 0 Å². The van der Waals surface area contributed by atoms with E-state index in [1.807, 2.05) is 6.92 Å². The van der Waals surface area contributed by atoms with Crippen LogP contribution in [0.25, 0.3) is 0 Å². The number of halogens is 3. The summed E-state index contributed by atoms with van der Waals surface area (Å²) in [6, 6.07) is 4.02. The Hall–Kier alpha value is -0.960. The van der Waals surface area contributed by atoms with E-state index in [0.29, 0.717) is 24.1 Å². The van der Waals surface area contributed by atoms with Crippen molar-refractivity contribution in [2.45, 2.75) is 52.5 Å². The van der Waals surface area contributed by atoms with Gasteiger partial charge in [-0.3, -0.25) is 4.99 Å². The van der Waals surface area contributed by atoms with E-state index < -0.39 is 11.6 Å². The second kappa shape index (κ2) is 14.1. The van der Waals surface area contributed by atoms with E-state index in [1.54, 1.807) is 7.05 Å². The van der Waals surface area contributed by atoms with Gasteiger partial charge in [0.15, 0.2) is 5.96 Å². The van der Waals surface area contributed by atoms with Crippen LogP contribution in [0.15, 0.2) is 23.2 Å². The van der Waals surface area contributed by atoms with Gasteiger partial charge in [-0.25, -0.2) is 8.78 Å². The number of hydrogen-bond donors (Lipinski definition) is 2. The number of aliphatic imine (C=N–C) groups is 1. The van der Waals surface area contributed by atoms with Crippen molar-refractivity contribution < 1.29 is 8.78 Å². The number of benzene rings is 1. The normalized spacial score (nSPS) is 13.9. The van der Waals surface area contributed by atoms with Crippen molar-refractivity contribution in [3.05, 3.63) is 35.4 Å². The fourth-order valence-electron chi connectivity index (χ4n) is 2.92. The van der Waals surface area contributed by atoms with Gasteiger partial charge in [-0.1, -0.05) is 26.8 Å². The summed E-state index contributed by atoms with van der Waals surface area (Å²) in [5.74, 6) is -0.448. The van der Waals surface area contributed by atoms with Crippen LogP contribution in [-0.4, -0.2) is 50.1 Å². The summed E-state index contributed by atoms with van der Waals surface area (Å²) in [7, 11) is 1.72. The minimum absolute atomic E-state index is 0. The maximum absolute atomic E-state index is 13.9. The highest BCUT2D eigenvalue weighted by molar-refractivity contribution is 14.0. The highest BCUT2D eigenvalue weighted by Gasteiger charge is 2.13. The van der Waals surface area contributed by atoms with Crippen LogP contribution in [0, 0.1) is 11.6 Å².